The van der Waals surface area contributed by atoms with Gasteiger partial charge in [-0.2, -0.15) is 5.01 Å². The number of carbonyl (C=O) groups excluding carboxylic acids is 4. The number of imide groups is 2. The fourth-order valence-corrected chi connectivity index (χ4v) is 9.33. The topological polar surface area (TPSA) is 147 Å². The highest BCUT2D eigenvalue weighted by Gasteiger charge is 2.70. The number of para-hydroxylation sites is 1. The molecule has 2 heterocycles. The molecule has 8 rings (SSSR count). The summed E-state index contributed by atoms with van der Waals surface area (Å²) in [6, 6.07) is 27.9. The fraction of sp³-hybridized carbons (Fsp3) is 0.238. The number of amides is 4. The van der Waals surface area contributed by atoms with E-state index in [1.165, 1.54) is 12.1 Å². The summed E-state index contributed by atoms with van der Waals surface area (Å²) in [4.78, 5) is 60.0. The van der Waals surface area contributed by atoms with Gasteiger partial charge in [-0.1, -0.05) is 96.1 Å². The van der Waals surface area contributed by atoms with Crippen molar-refractivity contribution in [3.05, 3.63) is 144 Å². The standard InChI is InChI=1S/C42H38BN3O7/c1-3-9-25-10-7-15-32(37(25)47)36-30-20-21-31-35(40(50)45(38(31)48)29-14-8-13-27(22-29)43(52)53)33(30)23-34-39(49)46(44-28-18-16-24(2)17-19-28)41(51)42(34,36)26-11-5-4-6-12-26/h3-8,10-20,22,31,33-36,44,47,52-53H,1,9,21,23H2,2H3. The van der Waals surface area contributed by atoms with Crippen molar-refractivity contribution < 1.29 is 34.3 Å². The number of aromatic hydroxyl groups is 1. The van der Waals surface area contributed by atoms with Crippen LogP contribution in [0, 0.1) is 30.6 Å². The van der Waals surface area contributed by atoms with E-state index in [1.807, 2.05) is 61.5 Å². The molecule has 0 aromatic heterocycles. The van der Waals surface area contributed by atoms with Gasteiger partial charge in [-0.15, -0.1) is 6.58 Å². The van der Waals surface area contributed by atoms with Crippen molar-refractivity contribution in [2.45, 2.75) is 37.5 Å². The van der Waals surface area contributed by atoms with E-state index >= 15 is 4.79 Å². The lowest BCUT2D eigenvalue weighted by Crippen LogP contribution is -2.53. The minimum atomic E-state index is -1.80. The van der Waals surface area contributed by atoms with E-state index < -0.39 is 65.8 Å². The number of benzene rings is 4. The van der Waals surface area contributed by atoms with Crippen LogP contribution in [0.5, 0.6) is 5.75 Å². The molecule has 0 radical (unpaired) electrons. The smallest absolute Gasteiger partial charge is 0.488 e. The van der Waals surface area contributed by atoms with Crippen LogP contribution in [-0.2, 0) is 31.0 Å². The van der Waals surface area contributed by atoms with Crippen LogP contribution in [0.15, 0.2) is 121 Å². The molecule has 266 valence electrons. The molecule has 2 aliphatic carbocycles. The summed E-state index contributed by atoms with van der Waals surface area (Å²) in [6.07, 6.45) is 4.28. The molecule has 4 amide bonds. The number of phenols is 1. The summed E-state index contributed by atoms with van der Waals surface area (Å²) in [5.74, 6) is -5.92. The Labute approximate surface area is 307 Å². The van der Waals surface area contributed by atoms with Crippen molar-refractivity contribution in [2.75, 3.05) is 10.3 Å². The van der Waals surface area contributed by atoms with Gasteiger partial charge in [0.25, 0.3) is 11.8 Å². The van der Waals surface area contributed by atoms with Gasteiger partial charge in [0.15, 0.2) is 0 Å². The lowest BCUT2D eigenvalue weighted by Gasteiger charge is -2.50. The number of allylic oxidation sites excluding steroid dienone is 3. The highest BCUT2D eigenvalue weighted by Crippen LogP contribution is 2.65. The molecule has 4 aromatic rings. The second kappa shape index (κ2) is 13.0. The SMILES string of the molecule is C=CCc1cccc(C2C3=CCC4C(=O)N(c5cccc(B(O)O)c5)C(=O)C4C3CC3C(=O)N(Nc4ccc(C)cc4)C(=O)C32c2ccccc2)c1O. The number of carbonyl (C=O) groups is 4. The third kappa shape index (κ3) is 5.17. The molecule has 4 N–H and O–H groups in total. The first-order valence-corrected chi connectivity index (χ1v) is 17.8. The van der Waals surface area contributed by atoms with Crippen molar-refractivity contribution in [3.63, 3.8) is 0 Å². The molecule has 6 atom stereocenters. The summed E-state index contributed by atoms with van der Waals surface area (Å²) < 4.78 is 0. The van der Waals surface area contributed by atoms with Crippen LogP contribution in [-0.4, -0.2) is 50.9 Å². The molecule has 6 unspecified atom stereocenters. The number of nitrogens with zero attached hydrogens (tertiary/aromatic N) is 2. The fourth-order valence-electron chi connectivity index (χ4n) is 9.33. The van der Waals surface area contributed by atoms with E-state index in [4.69, 9.17) is 0 Å². The van der Waals surface area contributed by atoms with Crippen LogP contribution in [0.4, 0.5) is 11.4 Å². The molecule has 0 bridgehead atoms. The van der Waals surface area contributed by atoms with Crippen molar-refractivity contribution in [3.8, 4) is 5.75 Å². The Kier molecular flexibility index (Phi) is 8.43. The van der Waals surface area contributed by atoms with Crippen LogP contribution in [0.2, 0.25) is 0 Å². The number of rotatable bonds is 8. The van der Waals surface area contributed by atoms with Crippen LogP contribution in [0.3, 0.4) is 0 Å². The number of hydrogen-bond acceptors (Lipinski definition) is 8. The van der Waals surface area contributed by atoms with Gasteiger partial charge in [-0.05, 0) is 73.0 Å². The van der Waals surface area contributed by atoms with Gasteiger partial charge in [0.1, 0.15) is 5.75 Å². The Balaban J connectivity index is 1.32. The maximum Gasteiger partial charge on any atom is 0.488 e. The normalized spacial score (nSPS) is 26.2. The summed E-state index contributed by atoms with van der Waals surface area (Å²) in [7, 11) is -1.80. The Hall–Kier alpha value is -5.78. The van der Waals surface area contributed by atoms with Crippen LogP contribution < -0.4 is 15.8 Å². The van der Waals surface area contributed by atoms with E-state index in [2.05, 4.69) is 12.0 Å². The molecular weight excluding hydrogens is 669 g/mol. The summed E-state index contributed by atoms with van der Waals surface area (Å²) in [6.45, 7) is 5.80. The van der Waals surface area contributed by atoms with E-state index in [-0.39, 0.29) is 29.7 Å². The second-order valence-electron chi connectivity index (χ2n) is 14.4. The number of anilines is 2. The molecule has 10 nitrogen and oxygen atoms in total. The highest BCUT2D eigenvalue weighted by molar-refractivity contribution is 6.58. The van der Waals surface area contributed by atoms with Crippen LogP contribution >= 0.6 is 0 Å². The number of phenolic OH excluding ortho intramolecular Hbond substituents is 1. The summed E-state index contributed by atoms with van der Waals surface area (Å²) in [5.41, 5.74) is 5.86. The van der Waals surface area contributed by atoms with Gasteiger partial charge in [-0.3, -0.25) is 29.5 Å². The molecular formula is C42H38BN3O7. The van der Waals surface area contributed by atoms with Gasteiger partial charge in [-0.25, -0.2) is 0 Å². The monoisotopic (exact) mass is 707 g/mol. The first-order chi connectivity index (χ1) is 25.6. The maximum absolute atomic E-state index is 15.3. The molecule has 53 heavy (non-hydrogen) atoms. The summed E-state index contributed by atoms with van der Waals surface area (Å²) >= 11 is 0. The zero-order chi connectivity index (χ0) is 37.2. The molecule has 0 spiro atoms. The molecule has 4 aliphatic rings. The molecule has 4 aromatic carbocycles. The highest BCUT2D eigenvalue weighted by atomic mass is 16.4. The van der Waals surface area contributed by atoms with Crippen molar-refractivity contribution in [1.82, 2.24) is 5.01 Å². The van der Waals surface area contributed by atoms with E-state index in [0.717, 1.165) is 21.0 Å². The Morgan fingerprint density at radius 2 is 1.62 bits per heavy atom. The van der Waals surface area contributed by atoms with E-state index in [0.29, 0.717) is 28.8 Å². The minimum Gasteiger partial charge on any atom is -0.507 e. The van der Waals surface area contributed by atoms with E-state index in [9.17, 15) is 29.5 Å². The average molecular weight is 708 g/mol. The molecule has 11 heteroatoms. The van der Waals surface area contributed by atoms with Crippen molar-refractivity contribution in [2.24, 2.45) is 23.7 Å². The van der Waals surface area contributed by atoms with Gasteiger partial charge in [0.2, 0.25) is 11.8 Å². The quantitative estimate of drug-likeness (QED) is 0.121. The first-order valence-electron chi connectivity index (χ1n) is 17.8. The third-order valence-electron chi connectivity index (χ3n) is 11.6. The van der Waals surface area contributed by atoms with Crippen LogP contribution in [0.25, 0.3) is 0 Å². The zero-order valence-corrected chi connectivity index (χ0v) is 29.1. The number of fused-ring (bicyclic) bond motifs is 4. The number of aryl methyl sites for hydroxylation is 1. The zero-order valence-electron chi connectivity index (χ0n) is 29.1. The van der Waals surface area contributed by atoms with Gasteiger partial charge >= 0.3 is 7.12 Å². The largest absolute Gasteiger partial charge is 0.507 e. The molecule has 2 saturated heterocycles. The minimum absolute atomic E-state index is 0.0184. The van der Waals surface area contributed by atoms with Crippen molar-refractivity contribution in [1.29, 1.82) is 0 Å². The van der Waals surface area contributed by atoms with Crippen LogP contribution in [0.1, 0.15) is 41.0 Å². The predicted octanol–water partition coefficient (Wildman–Crippen LogP) is 4.30. The Bertz CT molecular complexity index is 2200. The molecule has 2 aliphatic heterocycles. The Morgan fingerprint density at radius 1 is 0.887 bits per heavy atom. The lowest BCUT2D eigenvalue weighted by atomic mass is 9.49. The first kappa shape index (κ1) is 34.3. The van der Waals surface area contributed by atoms with Gasteiger partial charge < -0.3 is 15.2 Å². The second-order valence-corrected chi connectivity index (χ2v) is 14.4. The average Bonchev–Trinajstić information content (AvgIpc) is 3.54. The third-order valence-corrected chi connectivity index (χ3v) is 11.6. The Morgan fingerprint density at radius 3 is 2.34 bits per heavy atom. The van der Waals surface area contributed by atoms with Gasteiger partial charge in [0.05, 0.1) is 34.5 Å². The maximum atomic E-state index is 15.3. The summed E-state index contributed by atoms with van der Waals surface area (Å²) in [5, 5.41) is 32.8. The van der Waals surface area contributed by atoms with E-state index in [1.54, 1.807) is 42.5 Å². The molecule has 3 fully saturated rings. The number of nitrogens with one attached hydrogen (secondary N) is 1. The lowest BCUT2D eigenvalue weighted by molar-refractivity contribution is -0.138. The number of hydrogen-bond donors (Lipinski definition) is 4. The predicted molar refractivity (Wildman–Crippen MR) is 200 cm³/mol. The van der Waals surface area contributed by atoms with Gasteiger partial charge in [0, 0.05) is 11.5 Å². The molecule has 1 saturated carbocycles. The van der Waals surface area contributed by atoms with Crippen molar-refractivity contribution >= 4 is 47.6 Å². The number of hydrazine groups is 1.